The summed E-state index contributed by atoms with van der Waals surface area (Å²) in [6, 6.07) is 14.9. The van der Waals surface area contributed by atoms with E-state index in [0.29, 0.717) is 42.8 Å². The van der Waals surface area contributed by atoms with Crippen LogP contribution < -0.4 is 15.7 Å². The molecule has 2 N–H and O–H groups in total. The summed E-state index contributed by atoms with van der Waals surface area (Å²) in [6.07, 6.45) is 4.93. The standard InChI is InChI=1S/C30H34N2O6/c1-20-24-11-10-23(16-26(24)38-29(35)25(20)15-21-7-3-2-4-8-21)37-19-27(33)31-17-28(34)32-14-13-30(36)12-6-5-9-22(30)18-32/h2-4,7-8,10-11,16,22,36H,5-6,9,12-15,17-19H2,1H3,(H,31,33)/t22-,30+/m0/s1. The average Bonchev–Trinajstić information content (AvgIpc) is 2.92. The van der Waals surface area contributed by atoms with E-state index < -0.39 is 17.1 Å². The van der Waals surface area contributed by atoms with Gasteiger partial charge in [-0.2, -0.15) is 0 Å². The fourth-order valence-corrected chi connectivity index (χ4v) is 5.75. The van der Waals surface area contributed by atoms with Crippen molar-refractivity contribution in [3.05, 3.63) is 75.6 Å². The molecule has 0 bridgehead atoms. The summed E-state index contributed by atoms with van der Waals surface area (Å²) in [5.41, 5.74) is 1.85. The number of hydrogen-bond donors (Lipinski definition) is 2. The van der Waals surface area contributed by atoms with Crippen LogP contribution in [0.4, 0.5) is 0 Å². The van der Waals surface area contributed by atoms with Crippen molar-refractivity contribution < 1.29 is 23.8 Å². The van der Waals surface area contributed by atoms with Crippen LogP contribution in [0.15, 0.2) is 57.7 Å². The average molecular weight is 519 g/mol. The van der Waals surface area contributed by atoms with Gasteiger partial charge in [0.1, 0.15) is 11.3 Å². The smallest absolute Gasteiger partial charge is 0.340 e. The summed E-state index contributed by atoms with van der Waals surface area (Å²) < 4.78 is 11.2. The number of nitrogens with zero attached hydrogens (tertiary/aromatic N) is 1. The molecule has 1 aromatic heterocycles. The SMILES string of the molecule is Cc1c(Cc2ccccc2)c(=O)oc2cc(OCC(=O)NCC(=O)N3CC[C@]4(O)CCCC[C@H]4C3)ccc12. The molecule has 0 spiro atoms. The second-order valence-electron chi connectivity index (χ2n) is 10.5. The molecule has 3 aromatic rings. The molecule has 2 heterocycles. The van der Waals surface area contributed by atoms with Gasteiger partial charge in [-0.3, -0.25) is 9.59 Å². The number of hydrogen-bond acceptors (Lipinski definition) is 6. The van der Waals surface area contributed by atoms with E-state index in [0.717, 1.165) is 42.2 Å². The molecule has 2 aromatic carbocycles. The number of piperidine rings is 1. The normalized spacial score (nSPS) is 21.1. The molecule has 1 saturated carbocycles. The lowest BCUT2D eigenvalue weighted by Crippen LogP contribution is -2.56. The first-order valence-electron chi connectivity index (χ1n) is 13.3. The number of carbonyl (C=O) groups is 2. The molecule has 1 saturated heterocycles. The Labute approximate surface area is 221 Å². The van der Waals surface area contributed by atoms with Gasteiger partial charge < -0.3 is 24.5 Å². The van der Waals surface area contributed by atoms with Gasteiger partial charge >= 0.3 is 5.63 Å². The van der Waals surface area contributed by atoms with Gasteiger partial charge in [0.25, 0.3) is 5.91 Å². The predicted molar refractivity (Wildman–Crippen MR) is 143 cm³/mol. The van der Waals surface area contributed by atoms with Crippen LogP contribution >= 0.6 is 0 Å². The van der Waals surface area contributed by atoms with Crippen molar-refractivity contribution in [1.82, 2.24) is 10.2 Å². The van der Waals surface area contributed by atoms with Crippen LogP contribution in [-0.2, 0) is 16.0 Å². The number of amides is 2. The van der Waals surface area contributed by atoms with E-state index >= 15 is 0 Å². The Balaban J connectivity index is 1.15. The number of likely N-dealkylation sites (tertiary alicyclic amines) is 1. The van der Waals surface area contributed by atoms with Crippen LogP contribution in [0.2, 0.25) is 0 Å². The molecule has 0 radical (unpaired) electrons. The third kappa shape index (κ3) is 5.60. The number of fused-ring (bicyclic) bond motifs is 2. The largest absolute Gasteiger partial charge is 0.484 e. The fraction of sp³-hybridized carbons (Fsp3) is 0.433. The molecular weight excluding hydrogens is 484 g/mol. The van der Waals surface area contributed by atoms with Crippen LogP contribution in [0, 0.1) is 12.8 Å². The summed E-state index contributed by atoms with van der Waals surface area (Å²) in [5, 5.41) is 14.2. The van der Waals surface area contributed by atoms with Crippen molar-refractivity contribution in [2.45, 2.75) is 51.0 Å². The molecule has 1 aliphatic carbocycles. The number of benzene rings is 2. The molecule has 5 rings (SSSR count). The Kier molecular flexibility index (Phi) is 7.51. The number of aryl methyl sites for hydroxylation is 1. The van der Waals surface area contributed by atoms with Crippen molar-refractivity contribution in [3.63, 3.8) is 0 Å². The third-order valence-corrected chi connectivity index (χ3v) is 8.07. The third-order valence-electron chi connectivity index (χ3n) is 8.07. The maximum absolute atomic E-state index is 12.7. The summed E-state index contributed by atoms with van der Waals surface area (Å²) in [5.74, 6) is -0.0651. The van der Waals surface area contributed by atoms with E-state index in [1.165, 1.54) is 0 Å². The van der Waals surface area contributed by atoms with Crippen LogP contribution in [0.25, 0.3) is 11.0 Å². The van der Waals surface area contributed by atoms with E-state index in [9.17, 15) is 19.5 Å². The summed E-state index contributed by atoms with van der Waals surface area (Å²) in [6.45, 7) is 2.57. The van der Waals surface area contributed by atoms with Gasteiger partial charge in [-0.15, -0.1) is 0 Å². The summed E-state index contributed by atoms with van der Waals surface area (Å²) in [7, 11) is 0. The molecule has 200 valence electrons. The summed E-state index contributed by atoms with van der Waals surface area (Å²) >= 11 is 0. The van der Waals surface area contributed by atoms with Crippen molar-refractivity contribution >= 4 is 22.8 Å². The number of rotatable bonds is 7. The highest BCUT2D eigenvalue weighted by Crippen LogP contribution is 2.39. The summed E-state index contributed by atoms with van der Waals surface area (Å²) in [4.78, 5) is 39.4. The van der Waals surface area contributed by atoms with E-state index in [4.69, 9.17) is 9.15 Å². The molecule has 2 aliphatic rings. The lowest BCUT2D eigenvalue weighted by Gasteiger charge is -2.47. The molecule has 0 unspecified atom stereocenters. The van der Waals surface area contributed by atoms with Crippen molar-refractivity contribution in [3.8, 4) is 5.75 Å². The molecule has 38 heavy (non-hydrogen) atoms. The van der Waals surface area contributed by atoms with Gasteiger partial charge in [0.05, 0.1) is 12.1 Å². The Morgan fingerprint density at radius 3 is 2.79 bits per heavy atom. The van der Waals surface area contributed by atoms with Gasteiger partial charge in [0.2, 0.25) is 5.91 Å². The van der Waals surface area contributed by atoms with Crippen LogP contribution in [0.5, 0.6) is 5.75 Å². The zero-order chi connectivity index (χ0) is 26.7. The topological polar surface area (TPSA) is 109 Å². The first kappa shape index (κ1) is 26.0. The van der Waals surface area contributed by atoms with E-state index in [1.54, 1.807) is 17.0 Å². The van der Waals surface area contributed by atoms with Crippen LogP contribution in [-0.4, -0.2) is 53.7 Å². The maximum Gasteiger partial charge on any atom is 0.340 e. The van der Waals surface area contributed by atoms with Crippen molar-refractivity contribution in [1.29, 1.82) is 0 Å². The molecule has 2 amide bonds. The number of nitrogens with one attached hydrogen (secondary N) is 1. The van der Waals surface area contributed by atoms with Crippen molar-refractivity contribution in [2.24, 2.45) is 5.92 Å². The van der Waals surface area contributed by atoms with E-state index in [-0.39, 0.29) is 25.0 Å². The highest BCUT2D eigenvalue weighted by Gasteiger charge is 2.43. The Morgan fingerprint density at radius 2 is 1.97 bits per heavy atom. The van der Waals surface area contributed by atoms with Crippen LogP contribution in [0.3, 0.4) is 0 Å². The lowest BCUT2D eigenvalue weighted by molar-refractivity contribution is -0.143. The van der Waals surface area contributed by atoms with Gasteiger partial charge in [-0.25, -0.2) is 4.79 Å². The zero-order valence-electron chi connectivity index (χ0n) is 21.7. The monoisotopic (exact) mass is 518 g/mol. The van der Waals surface area contributed by atoms with Crippen LogP contribution in [0.1, 0.15) is 48.8 Å². The first-order valence-corrected chi connectivity index (χ1v) is 13.3. The van der Waals surface area contributed by atoms with E-state index in [2.05, 4.69) is 5.32 Å². The maximum atomic E-state index is 12.7. The fourth-order valence-electron chi connectivity index (χ4n) is 5.75. The quantitative estimate of drug-likeness (QED) is 0.465. The minimum absolute atomic E-state index is 0.108. The molecule has 1 aliphatic heterocycles. The molecular formula is C30H34N2O6. The minimum Gasteiger partial charge on any atom is -0.484 e. The number of ether oxygens (including phenoxy) is 1. The van der Waals surface area contributed by atoms with E-state index in [1.807, 2.05) is 43.3 Å². The second-order valence-corrected chi connectivity index (χ2v) is 10.5. The molecule has 2 fully saturated rings. The Bertz CT molecular complexity index is 1380. The zero-order valence-corrected chi connectivity index (χ0v) is 21.7. The van der Waals surface area contributed by atoms with Gasteiger partial charge in [-0.1, -0.05) is 43.2 Å². The molecule has 8 heteroatoms. The minimum atomic E-state index is -0.646. The highest BCUT2D eigenvalue weighted by atomic mass is 16.5. The molecule has 2 atom stereocenters. The van der Waals surface area contributed by atoms with Gasteiger partial charge in [-0.05, 0) is 49.4 Å². The number of carbonyl (C=O) groups excluding carboxylic acids is 2. The lowest BCUT2D eigenvalue weighted by atomic mass is 9.71. The Morgan fingerprint density at radius 1 is 1.16 bits per heavy atom. The highest BCUT2D eigenvalue weighted by molar-refractivity contribution is 5.86. The Hall–Kier alpha value is -3.65. The molecule has 8 nitrogen and oxygen atoms in total. The van der Waals surface area contributed by atoms with Crippen molar-refractivity contribution in [2.75, 3.05) is 26.2 Å². The van der Waals surface area contributed by atoms with Gasteiger partial charge in [0.15, 0.2) is 6.61 Å². The second kappa shape index (κ2) is 11.0. The number of aliphatic hydroxyl groups is 1. The predicted octanol–water partition coefficient (Wildman–Crippen LogP) is 3.34. The first-order chi connectivity index (χ1) is 18.3. The van der Waals surface area contributed by atoms with Gasteiger partial charge in [0, 0.05) is 42.4 Å².